The third-order valence-electron chi connectivity index (χ3n) is 10.2. The molecule has 0 aliphatic heterocycles. The minimum absolute atomic E-state index is 0.179. The maximum Gasteiger partial charge on any atom is 0.303 e. The molecule has 10 atom stereocenters. The van der Waals surface area contributed by atoms with Crippen molar-refractivity contribution in [3.05, 3.63) is 0 Å². The van der Waals surface area contributed by atoms with E-state index in [9.17, 15) is 15.0 Å². The second-order valence-electron chi connectivity index (χ2n) is 11.4. The van der Waals surface area contributed by atoms with Gasteiger partial charge in [-0.1, -0.05) is 20.8 Å². The normalized spacial score (nSPS) is 51.7. The van der Waals surface area contributed by atoms with Crippen LogP contribution in [-0.2, 0) is 4.79 Å². The van der Waals surface area contributed by atoms with Crippen LogP contribution in [0.25, 0.3) is 0 Å². The van der Waals surface area contributed by atoms with Crippen LogP contribution in [0, 0.1) is 46.3 Å². The summed E-state index contributed by atoms with van der Waals surface area (Å²) < 4.78 is 0. The molecule has 4 saturated carbocycles. The highest BCUT2D eigenvalue weighted by Gasteiger charge is 2.62. The van der Waals surface area contributed by atoms with E-state index in [-0.39, 0.29) is 29.5 Å². The number of aliphatic hydroxyl groups is 2. The number of aliphatic carboxylic acids is 1. The number of hydrogen-bond acceptors (Lipinski definition) is 3. The van der Waals surface area contributed by atoms with Crippen molar-refractivity contribution < 1.29 is 20.1 Å². The van der Waals surface area contributed by atoms with Crippen molar-refractivity contribution >= 4 is 5.97 Å². The van der Waals surface area contributed by atoms with Gasteiger partial charge in [-0.2, -0.15) is 0 Å². The van der Waals surface area contributed by atoms with Crippen LogP contribution < -0.4 is 0 Å². The molecule has 4 heteroatoms. The van der Waals surface area contributed by atoms with Crippen LogP contribution in [0.1, 0.15) is 85.0 Å². The van der Waals surface area contributed by atoms with E-state index in [0.29, 0.717) is 35.5 Å². The second kappa shape index (κ2) is 7.27. The SMILES string of the molecule is CC(CCC(=O)O)C1CC[C@H]2[C@@H]3[C@H](O)C[C@@H]4C[C@H](O)CC[C@]4(C)[C@H]3CCC12C. The lowest BCUT2D eigenvalue weighted by atomic mass is 9.43. The number of hydrogen-bond donors (Lipinski definition) is 3. The lowest BCUT2D eigenvalue weighted by molar-refractivity contribution is -0.174. The van der Waals surface area contributed by atoms with E-state index in [1.807, 2.05) is 0 Å². The number of rotatable bonds is 4. The van der Waals surface area contributed by atoms with Crippen molar-refractivity contribution in [1.82, 2.24) is 0 Å². The molecule has 0 radical (unpaired) electrons. The van der Waals surface area contributed by atoms with Gasteiger partial charge in [-0.05, 0) is 104 Å². The fourth-order valence-electron chi connectivity index (χ4n) is 8.73. The van der Waals surface area contributed by atoms with Gasteiger partial charge in [0, 0.05) is 6.42 Å². The molecule has 0 heterocycles. The number of carboxylic acid groups (broad SMARTS) is 1. The highest BCUT2D eigenvalue weighted by Crippen LogP contribution is 2.68. The van der Waals surface area contributed by atoms with E-state index in [1.54, 1.807) is 0 Å². The molecular weight excluding hydrogens is 352 g/mol. The molecule has 4 aliphatic carbocycles. The lowest BCUT2D eigenvalue weighted by Gasteiger charge is -2.62. The van der Waals surface area contributed by atoms with Crippen LogP contribution in [0.2, 0.25) is 0 Å². The summed E-state index contributed by atoms with van der Waals surface area (Å²) in [7, 11) is 0. The highest BCUT2D eigenvalue weighted by molar-refractivity contribution is 5.66. The van der Waals surface area contributed by atoms with Crippen LogP contribution in [0.3, 0.4) is 0 Å². The third-order valence-corrected chi connectivity index (χ3v) is 10.2. The van der Waals surface area contributed by atoms with Crippen molar-refractivity contribution in [3.63, 3.8) is 0 Å². The van der Waals surface area contributed by atoms with Crippen molar-refractivity contribution in [2.45, 2.75) is 97.2 Å². The van der Waals surface area contributed by atoms with Gasteiger partial charge in [0.25, 0.3) is 0 Å². The van der Waals surface area contributed by atoms with E-state index in [0.717, 1.165) is 32.1 Å². The van der Waals surface area contributed by atoms with E-state index in [2.05, 4.69) is 20.8 Å². The summed E-state index contributed by atoms with van der Waals surface area (Å²) in [6, 6.07) is 0. The van der Waals surface area contributed by atoms with Crippen molar-refractivity contribution in [2.24, 2.45) is 46.3 Å². The molecule has 0 aromatic carbocycles. The first-order valence-corrected chi connectivity index (χ1v) is 11.7. The lowest BCUT2D eigenvalue weighted by Crippen LogP contribution is -2.58. The zero-order valence-electron chi connectivity index (χ0n) is 17.9. The minimum atomic E-state index is -0.684. The first-order chi connectivity index (χ1) is 13.2. The van der Waals surface area contributed by atoms with Gasteiger partial charge in [0.1, 0.15) is 0 Å². The number of fused-ring (bicyclic) bond motifs is 5. The molecule has 3 unspecified atom stereocenters. The van der Waals surface area contributed by atoms with Gasteiger partial charge < -0.3 is 15.3 Å². The molecule has 0 bridgehead atoms. The minimum Gasteiger partial charge on any atom is -0.481 e. The molecule has 0 aromatic rings. The van der Waals surface area contributed by atoms with Gasteiger partial charge in [-0.3, -0.25) is 4.79 Å². The molecule has 28 heavy (non-hydrogen) atoms. The molecule has 4 fully saturated rings. The topological polar surface area (TPSA) is 77.8 Å². The summed E-state index contributed by atoms with van der Waals surface area (Å²) in [5, 5.41) is 30.5. The Morgan fingerprint density at radius 2 is 1.68 bits per heavy atom. The van der Waals surface area contributed by atoms with Crippen LogP contribution in [-0.4, -0.2) is 33.5 Å². The summed E-state index contributed by atoms with van der Waals surface area (Å²) in [6.45, 7) is 7.16. The smallest absolute Gasteiger partial charge is 0.303 e. The summed E-state index contributed by atoms with van der Waals surface area (Å²) in [4.78, 5) is 11.1. The Bertz CT molecular complexity index is 605. The van der Waals surface area contributed by atoms with E-state index < -0.39 is 5.97 Å². The van der Waals surface area contributed by atoms with Gasteiger partial charge in [0.05, 0.1) is 12.2 Å². The predicted octanol–water partition coefficient (Wildman–Crippen LogP) is 4.48. The van der Waals surface area contributed by atoms with Crippen LogP contribution >= 0.6 is 0 Å². The summed E-state index contributed by atoms with van der Waals surface area (Å²) >= 11 is 0. The monoisotopic (exact) mass is 392 g/mol. The fraction of sp³-hybridized carbons (Fsp3) is 0.958. The van der Waals surface area contributed by atoms with E-state index >= 15 is 0 Å². The maximum atomic E-state index is 11.2. The Morgan fingerprint density at radius 3 is 2.39 bits per heavy atom. The largest absolute Gasteiger partial charge is 0.481 e. The van der Waals surface area contributed by atoms with Crippen LogP contribution in [0.5, 0.6) is 0 Å². The van der Waals surface area contributed by atoms with Gasteiger partial charge in [-0.25, -0.2) is 0 Å². The first kappa shape index (κ1) is 20.7. The Kier molecular flexibility index (Phi) is 5.36. The zero-order chi connectivity index (χ0) is 20.3. The van der Waals surface area contributed by atoms with Crippen molar-refractivity contribution in [1.29, 1.82) is 0 Å². The molecule has 0 spiro atoms. The van der Waals surface area contributed by atoms with Crippen molar-refractivity contribution in [2.75, 3.05) is 0 Å². The summed E-state index contributed by atoms with van der Waals surface area (Å²) in [5.41, 5.74) is 0.523. The molecule has 3 N–H and O–H groups in total. The molecule has 0 aromatic heterocycles. The molecule has 4 nitrogen and oxygen atoms in total. The number of aliphatic hydroxyl groups excluding tert-OH is 2. The van der Waals surface area contributed by atoms with E-state index in [1.165, 1.54) is 25.7 Å². The van der Waals surface area contributed by atoms with Gasteiger partial charge >= 0.3 is 5.97 Å². The average Bonchev–Trinajstić information content (AvgIpc) is 2.98. The Morgan fingerprint density at radius 1 is 1.00 bits per heavy atom. The molecular formula is C24H40O4. The summed E-state index contributed by atoms with van der Waals surface area (Å²) in [6.07, 6.45) is 9.19. The second-order valence-corrected chi connectivity index (χ2v) is 11.4. The van der Waals surface area contributed by atoms with Gasteiger partial charge in [-0.15, -0.1) is 0 Å². The molecule has 0 saturated heterocycles. The predicted molar refractivity (Wildman–Crippen MR) is 109 cm³/mol. The highest BCUT2D eigenvalue weighted by atomic mass is 16.4. The third kappa shape index (κ3) is 3.14. The average molecular weight is 393 g/mol. The van der Waals surface area contributed by atoms with Crippen LogP contribution in [0.4, 0.5) is 0 Å². The van der Waals surface area contributed by atoms with Crippen LogP contribution in [0.15, 0.2) is 0 Å². The summed E-state index contributed by atoms with van der Waals surface area (Å²) in [5.74, 6) is 2.36. The fourth-order valence-corrected chi connectivity index (χ4v) is 8.73. The number of carboxylic acids is 1. The molecule has 4 rings (SSSR count). The Labute approximate surface area is 170 Å². The number of carbonyl (C=O) groups is 1. The Balaban J connectivity index is 1.55. The van der Waals surface area contributed by atoms with E-state index in [4.69, 9.17) is 5.11 Å². The van der Waals surface area contributed by atoms with Gasteiger partial charge in [0.2, 0.25) is 0 Å². The molecule has 4 aliphatic rings. The van der Waals surface area contributed by atoms with Gasteiger partial charge in [0.15, 0.2) is 0 Å². The maximum absolute atomic E-state index is 11.2. The zero-order valence-corrected chi connectivity index (χ0v) is 17.9. The van der Waals surface area contributed by atoms with Crippen molar-refractivity contribution in [3.8, 4) is 0 Å². The first-order valence-electron chi connectivity index (χ1n) is 11.7. The standard InChI is InChI=1S/C24H40O4/c1-14(4-7-21(27)28)17-5-6-18-22-19(9-11-24(17,18)3)23(2)10-8-16(25)12-15(23)13-20(22)26/h14-20,22,25-26H,4-13H2,1-3H3,(H,27,28)/t14?,15-,16+,17?,18-,19-,20+,22-,23-,24?/m0/s1. The Hall–Kier alpha value is -0.610. The quantitative estimate of drug-likeness (QED) is 0.659. The molecule has 0 amide bonds. The molecule has 160 valence electrons.